The molecule has 2 nitrogen and oxygen atoms in total. The molecule has 25 heavy (non-hydrogen) atoms. The molecule has 0 atom stereocenters. The molecule has 1 aromatic carbocycles. The summed E-state index contributed by atoms with van der Waals surface area (Å²) in [6.45, 7) is 13.9. The molecule has 0 aliphatic carbocycles. The Bertz CT molecular complexity index is 750. The van der Waals surface area contributed by atoms with E-state index in [2.05, 4.69) is 44.8 Å². The van der Waals surface area contributed by atoms with E-state index in [1.54, 1.807) is 23.5 Å². The molecule has 5 heteroatoms. The average molecular weight is 378 g/mol. The third-order valence-corrected chi connectivity index (χ3v) is 11.0. The Labute approximate surface area is 155 Å². The fourth-order valence-electron chi connectivity index (χ4n) is 2.82. The Kier molecular flexibility index (Phi) is 5.10. The van der Waals surface area contributed by atoms with Crippen LogP contribution in [0.15, 0.2) is 30.3 Å². The summed E-state index contributed by atoms with van der Waals surface area (Å²) in [6, 6.07) is 9.29. The van der Waals surface area contributed by atoms with Gasteiger partial charge in [0, 0.05) is 30.1 Å². The molecule has 0 spiro atoms. The quantitative estimate of drug-likeness (QED) is 0.622. The van der Waals surface area contributed by atoms with Crippen LogP contribution in [0.4, 0.5) is 4.39 Å². The Morgan fingerprint density at radius 3 is 2.64 bits per heavy atom. The largest absolute Gasteiger partial charge is 0.537 e. The first kappa shape index (κ1) is 18.6. The van der Waals surface area contributed by atoms with E-state index in [-0.39, 0.29) is 10.9 Å². The van der Waals surface area contributed by atoms with Gasteiger partial charge in [0.1, 0.15) is 5.82 Å². The predicted octanol–water partition coefficient (Wildman–Crippen LogP) is 5.83. The number of halogens is 1. The Morgan fingerprint density at radius 1 is 1.24 bits per heavy atom. The number of benzene rings is 1. The first-order valence-electron chi connectivity index (χ1n) is 8.92. The Hall–Kier alpha value is -1.17. The fraction of sp³-hybridized carbons (Fsp3) is 0.500. The summed E-state index contributed by atoms with van der Waals surface area (Å²) >= 11 is 1.80. The van der Waals surface area contributed by atoms with Crippen molar-refractivity contribution in [2.24, 2.45) is 0 Å². The number of hydrogen-bond donors (Lipinski definition) is 0. The number of thiophene rings is 1. The van der Waals surface area contributed by atoms with Crippen LogP contribution in [0.2, 0.25) is 18.1 Å². The lowest BCUT2D eigenvalue weighted by Crippen LogP contribution is -2.43. The van der Waals surface area contributed by atoms with Crippen LogP contribution >= 0.6 is 11.3 Å². The maximum Gasteiger partial charge on any atom is 0.251 e. The number of nitrogens with zero attached hydrogens (tertiary/aromatic N) is 1. The lowest BCUT2D eigenvalue weighted by molar-refractivity contribution is 0.244. The number of fused-ring (bicyclic) bond motifs is 1. The van der Waals surface area contributed by atoms with Crippen LogP contribution < -0.4 is 4.43 Å². The maximum absolute atomic E-state index is 13.9. The topological polar surface area (TPSA) is 12.5 Å². The molecule has 0 saturated carbocycles. The second-order valence-corrected chi connectivity index (χ2v) is 14.3. The van der Waals surface area contributed by atoms with E-state index < -0.39 is 8.32 Å². The van der Waals surface area contributed by atoms with E-state index in [1.165, 1.54) is 10.4 Å². The van der Waals surface area contributed by atoms with E-state index in [0.717, 1.165) is 30.1 Å². The second kappa shape index (κ2) is 6.86. The zero-order valence-corrected chi connectivity index (χ0v) is 17.7. The molecule has 3 rings (SSSR count). The predicted molar refractivity (Wildman–Crippen MR) is 106 cm³/mol. The van der Waals surface area contributed by atoms with Gasteiger partial charge >= 0.3 is 0 Å². The number of hydrogen-bond acceptors (Lipinski definition) is 3. The average Bonchev–Trinajstić information content (AvgIpc) is 2.89. The van der Waals surface area contributed by atoms with E-state index in [4.69, 9.17) is 4.43 Å². The first-order chi connectivity index (χ1) is 11.7. The van der Waals surface area contributed by atoms with Gasteiger partial charge in [-0.25, -0.2) is 4.39 Å². The van der Waals surface area contributed by atoms with Crippen LogP contribution in [0.3, 0.4) is 0 Å². The smallest absolute Gasteiger partial charge is 0.251 e. The second-order valence-electron chi connectivity index (χ2n) is 8.43. The summed E-state index contributed by atoms with van der Waals surface area (Å²) in [5.74, 6) is -0.111. The standard InChI is InChI=1S/C20H28FNOSSi/c1-20(2,3)25(4,5)23-19-12-16-14-22(11-10-18(16)24-19)13-15-8-6-7-9-17(15)21/h6-9,12H,10-11,13-14H2,1-5H3. The van der Waals surface area contributed by atoms with Crippen molar-refractivity contribution in [3.63, 3.8) is 0 Å². The molecular weight excluding hydrogens is 349 g/mol. The first-order valence-corrected chi connectivity index (χ1v) is 12.6. The molecule has 0 fully saturated rings. The van der Waals surface area contributed by atoms with E-state index >= 15 is 0 Å². The minimum absolute atomic E-state index is 0.111. The van der Waals surface area contributed by atoms with Gasteiger partial charge in [0.25, 0.3) is 8.32 Å². The highest BCUT2D eigenvalue weighted by molar-refractivity contribution is 7.14. The minimum Gasteiger partial charge on any atom is -0.537 e. The fourth-order valence-corrected chi connectivity index (χ4v) is 5.37. The van der Waals surface area contributed by atoms with Crippen molar-refractivity contribution in [3.05, 3.63) is 52.2 Å². The van der Waals surface area contributed by atoms with E-state index in [1.807, 2.05) is 12.1 Å². The van der Waals surface area contributed by atoms with E-state index in [9.17, 15) is 4.39 Å². The molecule has 0 unspecified atom stereocenters. The van der Waals surface area contributed by atoms with Crippen LogP contribution in [0.25, 0.3) is 0 Å². The minimum atomic E-state index is -1.80. The van der Waals surface area contributed by atoms with Crippen molar-refractivity contribution in [2.75, 3.05) is 6.54 Å². The highest BCUT2D eigenvalue weighted by Crippen LogP contribution is 2.41. The maximum atomic E-state index is 13.9. The highest BCUT2D eigenvalue weighted by atomic mass is 32.1. The van der Waals surface area contributed by atoms with Crippen molar-refractivity contribution >= 4 is 19.7 Å². The summed E-state index contributed by atoms with van der Waals surface area (Å²) in [4.78, 5) is 3.75. The normalized spacial score (nSPS) is 15.9. The SMILES string of the molecule is CC(C)(C)[Si](C)(C)Oc1cc2c(s1)CCN(Cc1ccccc1F)C2. The lowest BCUT2D eigenvalue weighted by Gasteiger charge is -2.35. The van der Waals surface area contributed by atoms with Crippen molar-refractivity contribution in [1.82, 2.24) is 4.90 Å². The molecular formula is C20H28FNOSSi. The molecule has 0 bridgehead atoms. The van der Waals surface area contributed by atoms with Gasteiger partial charge in [0.05, 0.1) is 0 Å². The molecule has 136 valence electrons. The molecule has 1 aliphatic heterocycles. The molecule has 1 aromatic heterocycles. The van der Waals surface area contributed by atoms with Crippen molar-refractivity contribution in [2.45, 2.75) is 58.4 Å². The zero-order valence-electron chi connectivity index (χ0n) is 15.9. The highest BCUT2D eigenvalue weighted by Gasteiger charge is 2.39. The van der Waals surface area contributed by atoms with Gasteiger partial charge in [0.15, 0.2) is 5.06 Å². The van der Waals surface area contributed by atoms with Gasteiger partial charge < -0.3 is 4.43 Å². The van der Waals surface area contributed by atoms with Gasteiger partial charge in [-0.05, 0) is 42.2 Å². The van der Waals surface area contributed by atoms with Gasteiger partial charge in [-0.1, -0.05) is 39.0 Å². The lowest BCUT2D eigenvalue weighted by atomic mass is 10.1. The number of rotatable bonds is 4. The van der Waals surface area contributed by atoms with Gasteiger partial charge in [0.2, 0.25) is 0 Å². The monoisotopic (exact) mass is 377 g/mol. The van der Waals surface area contributed by atoms with Crippen molar-refractivity contribution in [1.29, 1.82) is 0 Å². The summed E-state index contributed by atoms with van der Waals surface area (Å²) < 4.78 is 20.4. The van der Waals surface area contributed by atoms with Crippen LogP contribution in [-0.2, 0) is 19.5 Å². The summed E-state index contributed by atoms with van der Waals surface area (Å²) in [5, 5.41) is 1.26. The van der Waals surface area contributed by atoms with Gasteiger partial charge in [-0.2, -0.15) is 0 Å². The van der Waals surface area contributed by atoms with Crippen LogP contribution in [0.5, 0.6) is 5.06 Å². The Balaban J connectivity index is 1.70. The van der Waals surface area contributed by atoms with Crippen LogP contribution in [0, 0.1) is 5.82 Å². The van der Waals surface area contributed by atoms with Crippen LogP contribution in [-0.4, -0.2) is 19.8 Å². The van der Waals surface area contributed by atoms with Crippen LogP contribution in [0.1, 0.15) is 36.8 Å². The Morgan fingerprint density at radius 2 is 1.96 bits per heavy atom. The zero-order chi connectivity index (χ0) is 18.2. The summed E-state index contributed by atoms with van der Waals surface area (Å²) in [6.07, 6.45) is 1.02. The molecule has 0 saturated heterocycles. The van der Waals surface area contributed by atoms with Gasteiger partial charge in [-0.3, -0.25) is 4.90 Å². The molecule has 2 aromatic rings. The molecule has 2 heterocycles. The van der Waals surface area contributed by atoms with Crippen molar-refractivity contribution < 1.29 is 8.82 Å². The third kappa shape index (κ3) is 4.15. The third-order valence-electron chi connectivity index (χ3n) is 5.44. The molecule has 0 amide bonds. The molecule has 0 N–H and O–H groups in total. The summed E-state index contributed by atoms with van der Waals surface area (Å²) in [7, 11) is -1.80. The van der Waals surface area contributed by atoms with Crippen molar-refractivity contribution in [3.8, 4) is 5.06 Å². The van der Waals surface area contributed by atoms with Gasteiger partial charge in [-0.15, -0.1) is 11.3 Å². The summed E-state index contributed by atoms with van der Waals surface area (Å²) in [5.41, 5.74) is 2.13. The molecule has 0 radical (unpaired) electrons. The van der Waals surface area contributed by atoms with E-state index in [0.29, 0.717) is 6.54 Å². The molecule has 1 aliphatic rings.